The van der Waals surface area contributed by atoms with Gasteiger partial charge in [-0.3, -0.25) is 15.1 Å². The highest BCUT2D eigenvalue weighted by Crippen LogP contribution is 2.39. The number of benzene rings is 2. The molecule has 0 aromatic heterocycles. The Morgan fingerprint density at radius 1 is 1.23 bits per heavy atom. The van der Waals surface area contributed by atoms with Crippen LogP contribution in [-0.4, -0.2) is 36.6 Å². The molecule has 1 fully saturated rings. The van der Waals surface area contributed by atoms with Gasteiger partial charge in [-0.05, 0) is 43.4 Å². The van der Waals surface area contributed by atoms with Gasteiger partial charge in [0.25, 0.3) is 5.91 Å². The number of carbonyl (C=O) groups is 1. The number of rotatable bonds is 5. The minimum absolute atomic E-state index is 0.104. The number of aliphatic imine (C=N–C) groups is 1. The molecule has 1 amide bonds. The number of hydrogen-bond acceptors (Lipinski definition) is 5. The molecule has 0 aliphatic heterocycles. The van der Waals surface area contributed by atoms with E-state index in [0.717, 1.165) is 25.7 Å². The molecule has 0 heterocycles. The second-order valence-electron chi connectivity index (χ2n) is 7.80. The number of nitriles is 1. The first-order chi connectivity index (χ1) is 15.0. The molecule has 3 rings (SSSR count). The van der Waals surface area contributed by atoms with E-state index >= 15 is 0 Å². The molecule has 2 aromatic carbocycles. The summed E-state index contributed by atoms with van der Waals surface area (Å²) >= 11 is 0. The van der Waals surface area contributed by atoms with Crippen LogP contribution in [0.15, 0.2) is 53.5 Å². The Labute approximate surface area is 182 Å². The fourth-order valence-corrected chi connectivity index (χ4v) is 4.22. The lowest BCUT2D eigenvalue weighted by Crippen LogP contribution is -2.49. The van der Waals surface area contributed by atoms with Crippen LogP contribution in [0.1, 0.15) is 41.6 Å². The Hall–Kier alpha value is -3.73. The van der Waals surface area contributed by atoms with Crippen LogP contribution >= 0.6 is 0 Å². The van der Waals surface area contributed by atoms with Crippen LogP contribution in [0.3, 0.4) is 0 Å². The number of anilines is 1. The van der Waals surface area contributed by atoms with Gasteiger partial charge in [-0.2, -0.15) is 5.26 Å². The Morgan fingerprint density at radius 2 is 1.94 bits per heavy atom. The van der Waals surface area contributed by atoms with Crippen LogP contribution in [0.5, 0.6) is 5.75 Å². The largest absolute Gasteiger partial charge is 0.507 e. The second kappa shape index (κ2) is 9.85. The van der Waals surface area contributed by atoms with E-state index in [9.17, 15) is 9.90 Å². The first-order valence-corrected chi connectivity index (χ1v) is 10.3. The number of nitrogens with one attached hydrogen (secondary N) is 3. The number of amides is 1. The molecule has 2 aromatic rings. The van der Waals surface area contributed by atoms with Crippen molar-refractivity contribution < 1.29 is 9.90 Å². The summed E-state index contributed by atoms with van der Waals surface area (Å²) in [6.45, 7) is 0.432. The van der Waals surface area contributed by atoms with Crippen molar-refractivity contribution in [3.63, 3.8) is 0 Å². The standard InChI is InChI=1S/C23H28N6O2/c1-26-22(28-15-24)29-17-10-12-23(13-11-17,16-6-3-2-4-7-16)14-27-21(31)20-18(25)8-5-9-19(20)30/h2-9,17,30H,10-14,25H2,1H3,(H,27,31)(H2,26,28,29). The van der Waals surface area contributed by atoms with Crippen LogP contribution in [-0.2, 0) is 5.41 Å². The summed E-state index contributed by atoms with van der Waals surface area (Å²) in [7, 11) is 1.63. The number of phenols is 1. The first kappa shape index (κ1) is 22.0. The molecule has 0 spiro atoms. The lowest BCUT2D eigenvalue weighted by molar-refractivity contribution is 0.0933. The van der Waals surface area contributed by atoms with Crippen molar-refractivity contribution in [3.05, 3.63) is 59.7 Å². The van der Waals surface area contributed by atoms with Crippen molar-refractivity contribution in [2.24, 2.45) is 4.99 Å². The summed E-state index contributed by atoms with van der Waals surface area (Å²) in [6, 6.07) is 15.0. The summed E-state index contributed by atoms with van der Waals surface area (Å²) < 4.78 is 0. The van der Waals surface area contributed by atoms with E-state index in [4.69, 9.17) is 11.0 Å². The number of nitrogens with zero attached hydrogens (tertiary/aromatic N) is 2. The van der Waals surface area contributed by atoms with Crippen LogP contribution in [0.2, 0.25) is 0 Å². The van der Waals surface area contributed by atoms with Gasteiger partial charge >= 0.3 is 0 Å². The highest BCUT2D eigenvalue weighted by atomic mass is 16.3. The SMILES string of the molecule is CN=C(NC#N)NC1CCC(CNC(=O)c2c(N)cccc2O)(c2ccccc2)CC1. The Bertz CT molecular complexity index is 955. The van der Waals surface area contributed by atoms with Crippen LogP contribution in [0.4, 0.5) is 5.69 Å². The summed E-state index contributed by atoms with van der Waals surface area (Å²) in [6.07, 6.45) is 5.28. The lowest BCUT2D eigenvalue weighted by Gasteiger charge is -2.41. The Morgan fingerprint density at radius 3 is 2.55 bits per heavy atom. The van der Waals surface area contributed by atoms with Gasteiger partial charge in [0.2, 0.25) is 5.96 Å². The minimum Gasteiger partial charge on any atom is -0.507 e. The number of carbonyl (C=O) groups excluding carboxylic acids is 1. The van der Waals surface area contributed by atoms with Gasteiger partial charge in [0, 0.05) is 30.7 Å². The predicted molar refractivity (Wildman–Crippen MR) is 120 cm³/mol. The molecule has 0 radical (unpaired) electrons. The lowest BCUT2D eigenvalue weighted by atomic mass is 9.68. The van der Waals surface area contributed by atoms with Gasteiger partial charge in [0.1, 0.15) is 11.3 Å². The molecule has 1 aliphatic carbocycles. The molecular weight excluding hydrogens is 392 g/mol. The zero-order valence-corrected chi connectivity index (χ0v) is 17.6. The normalized spacial score (nSPS) is 21.0. The van der Waals surface area contributed by atoms with Crippen molar-refractivity contribution in [1.82, 2.24) is 16.0 Å². The average molecular weight is 421 g/mol. The summed E-state index contributed by atoms with van der Waals surface area (Å²) in [4.78, 5) is 16.9. The maximum absolute atomic E-state index is 12.8. The molecule has 0 atom stereocenters. The molecule has 162 valence electrons. The van der Waals surface area contributed by atoms with E-state index in [1.165, 1.54) is 11.6 Å². The van der Waals surface area contributed by atoms with E-state index in [0.29, 0.717) is 12.5 Å². The first-order valence-electron chi connectivity index (χ1n) is 10.3. The van der Waals surface area contributed by atoms with E-state index < -0.39 is 0 Å². The van der Waals surface area contributed by atoms with E-state index in [2.05, 4.69) is 33.1 Å². The monoisotopic (exact) mass is 420 g/mol. The number of aromatic hydroxyl groups is 1. The maximum atomic E-state index is 12.8. The predicted octanol–water partition coefficient (Wildman–Crippen LogP) is 2.23. The smallest absolute Gasteiger partial charge is 0.257 e. The molecule has 6 N–H and O–H groups in total. The minimum atomic E-state index is -0.384. The van der Waals surface area contributed by atoms with E-state index in [-0.39, 0.29) is 34.4 Å². The van der Waals surface area contributed by atoms with Gasteiger partial charge in [-0.15, -0.1) is 0 Å². The maximum Gasteiger partial charge on any atom is 0.257 e. The van der Waals surface area contributed by atoms with Gasteiger partial charge in [0.15, 0.2) is 6.19 Å². The molecule has 8 heteroatoms. The molecule has 1 aliphatic rings. The van der Waals surface area contributed by atoms with Crippen molar-refractivity contribution in [3.8, 4) is 11.9 Å². The van der Waals surface area contributed by atoms with Gasteiger partial charge in [-0.1, -0.05) is 36.4 Å². The van der Waals surface area contributed by atoms with Crippen LogP contribution < -0.4 is 21.7 Å². The van der Waals surface area contributed by atoms with Crippen molar-refractivity contribution in [2.45, 2.75) is 37.1 Å². The molecule has 8 nitrogen and oxygen atoms in total. The Balaban J connectivity index is 1.75. The highest BCUT2D eigenvalue weighted by Gasteiger charge is 2.37. The van der Waals surface area contributed by atoms with E-state index in [1.807, 2.05) is 24.4 Å². The molecule has 1 saturated carbocycles. The number of hydrogen-bond donors (Lipinski definition) is 5. The summed E-state index contributed by atoms with van der Waals surface area (Å²) in [5.74, 6) is -0.0524. The number of nitrogen functional groups attached to an aromatic ring is 1. The number of phenolic OH excluding ortho intramolecular Hbond substituents is 1. The van der Waals surface area contributed by atoms with Gasteiger partial charge in [-0.25, -0.2) is 0 Å². The molecule has 31 heavy (non-hydrogen) atoms. The highest BCUT2D eigenvalue weighted by molar-refractivity contribution is 6.01. The zero-order valence-electron chi connectivity index (χ0n) is 17.6. The van der Waals surface area contributed by atoms with Crippen molar-refractivity contribution >= 4 is 17.6 Å². The topological polar surface area (TPSA) is 136 Å². The molecule has 0 unspecified atom stereocenters. The second-order valence-corrected chi connectivity index (χ2v) is 7.80. The Kier molecular flexibility index (Phi) is 6.98. The third-order valence-corrected chi connectivity index (χ3v) is 5.96. The third-order valence-electron chi connectivity index (χ3n) is 5.96. The van der Waals surface area contributed by atoms with Crippen LogP contribution in [0, 0.1) is 11.5 Å². The quantitative estimate of drug-likeness (QED) is 0.165. The van der Waals surface area contributed by atoms with Crippen molar-refractivity contribution in [2.75, 3.05) is 19.3 Å². The van der Waals surface area contributed by atoms with Gasteiger partial charge < -0.3 is 21.5 Å². The average Bonchev–Trinajstić information content (AvgIpc) is 2.79. The fraction of sp³-hybridized carbons (Fsp3) is 0.348. The van der Waals surface area contributed by atoms with E-state index in [1.54, 1.807) is 19.2 Å². The number of nitrogens with two attached hydrogens (primary N) is 1. The molecule has 0 bridgehead atoms. The van der Waals surface area contributed by atoms with Crippen molar-refractivity contribution in [1.29, 1.82) is 5.26 Å². The summed E-state index contributed by atoms with van der Waals surface area (Å²) in [5.41, 5.74) is 7.19. The molecule has 0 saturated heterocycles. The van der Waals surface area contributed by atoms with Gasteiger partial charge in [0.05, 0.1) is 0 Å². The fourth-order valence-electron chi connectivity index (χ4n) is 4.22. The molecular formula is C23H28N6O2. The summed E-state index contributed by atoms with van der Waals surface area (Å²) in [5, 5.41) is 27.7. The zero-order chi connectivity index (χ0) is 22.3. The third kappa shape index (κ3) is 5.07. The van der Waals surface area contributed by atoms with Crippen LogP contribution in [0.25, 0.3) is 0 Å². The number of guanidine groups is 1.